The van der Waals surface area contributed by atoms with Crippen molar-refractivity contribution in [3.05, 3.63) is 12.2 Å². The highest BCUT2D eigenvalue weighted by molar-refractivity contribution is 5.77. The van der Waals surface area contributed by atoms with Gasteiger partial charge in [-0.15, -0.1) is 0 Å². The van der Waals surface area contributed by atoms with Crippen molar-refractivity contribution in [1.29, 1.82) is 0 Å². The van der Waals surface area contributed by atoms with E-state index >= 15 is 0 Å². The number of allylic oxidation sites excluding steroid dienone is 1. The van der Waals surface area contributed by atoms with E-state index in [-0.39, 0.29) is 25.3 Å². The number of carbonyl (C=O) groups is 1. The molecule has 0 aliphatic carbocycles. The van der Waals surface area contributed by atoms with Crippen LogP contribution in [-0.2, 0) is 9.53 Å². The zero-order valence-electron chi connectivity index (χ0n) is 32.4. The van der Waals surface area contributed by atoms with Crippen molar-refractivity contribution < 1.29 is 40.2 Å². The van der Waals surface area contributed by atoms with E-state index < -0.39 is 42.5 Å². The van der Waals surface area contributed by atoms with Crippen LogP contribution < -0.4 is 0 Å². The van der Waals surface area contributed by atoms with Gasteiger partial charge in [0.25, 0.3) is 0 Å². The van der Waals surface area contributed by atoms with Gasteiger partial charge in [0.05, 0.1) is 12.6 Å². The van der Waals surface area contributed by atoms with Gasteiger partial charge in [-0.1, -0.05) is 174 Å². The molecule has 5 atom stereocenters. The lowest BCUT2D eigenvalue weighted by atomic mass is 9.77. The third-order valence-corrected chi connectivity index (χ3v) is 10.7. The highest BCUT2D eigenvalue weighted by Crippen LogP contribution is 2.40. The number of hydrogen-bond donors (Lipinski definition) is 6. The number of aliphatic hydroxyl groups is 6. The van der Waals surface area contributed by atoms with Crippen molar-refractivity contribution in [2.75, 3.05) is 13.2 Å². The van der Waals surface area contributed by atoms with Crippen LogP contribution in [0.15, 0.2) is 12.2 Å². The molecule has 296 valence electrons. The number of amides is 1. The Balaban J connectivity index is 2.69. The zero-order valence-corrected chi connectivity index (χ0v) is 32.4. The number of hydrogen-bond acceptors (Lipinski definition) is 8. The second kappa shape index (κ2) is 28.4. The molecule has 50 heavy (non-hydrogen) atoms. The van der Waals surface area contributed by atoms with Gasteiger partial charge < -0.3 is 40.3 Å². The Hall–Kier alpha value is -1.07. The predicted octanol–water partition coefficient (Wildman–Crippen LogP) is 7.81. The predicted molar refractivity (Wildman–Crippen MR) is 202 cm³/mol. The van der Waals surface area contributed by atoms with Crippen LogP contribution in [0.5, 0.6) is 0 Å². The molecular formula is C41H79NO8. The molecule has 9 heteroatoms. The molecule has 1 unspecified atom stereocenters. The van der Waals surface area contributed by atoms with E-state index in [2.05, 4.69) is 13.8 Å². The Bertz CT molecular complexity index is 854. The SMILES string of the molecule is CCCCCCCCCCCCC/C=C/CN(C(=O)CCCCCCCCCCCCCCC)C(CC)[C@@]1(O)[C@@H](O)[C@H](O)[C@@H](CO)OC1(O)O. The zero-order chi connectivity index (χ0) is 37.1. The fourth-order valence-electron chi connectivity index (χ4n) is 7.43. The summed E-state index contributed by atoms with van der Waals surface area (Å²) in [6, 6.07) is -1.28. The number of unbranched alkanes of at least 4 members (excludes halogenated alkanes) is 23. The van der Waals surface area contributed by atoms with E-state index in [1.54, 1.807) is 6.92 Å². The molecule has 1 aliphatic rings. The van der Waals surface area contributed by atoms with Gasteiger partial charge in [-0.3, -0.25) is 4.79 Å². The Morgan fingerprint density at radius 3 is 1.50 bits per heavy atom. The molecule has 1 rings (SSSR count). The van der Waals surface area contributed by atoms with Gasteiger partial charge in [-0.05, 0) is 25.7 Å². The van der Waals surface area contributed by atoms with Crippen molar-refractivity contribution in [1.82, 2.24) is 4.90 Å². The fraction of sp³-hybridized carbons (Fsp3) is 0.927. The van der Waals surface area contributed by atoms with Gasteiger partial charge in [0.15, 0.2) is 5.60 Å². The molecule has 0 spiro atoms. The van der Waals surface area contributed by atoms with Gasteiger partial charge in [0, 0.05) is 13.0 Å². The number of ether oxygens (including phenoxy) is 1. The quantitative estimate of drug-likeness (QED) is 0.0235. The van der Waals surface area contributed by atoms with E-state index in [1.807, 2.05) is 12.2 Å². The molecule has 1 saturated heterocycles. The minimum absolute atomic E-state index is 0.0626. The van der Waals surface area contributed by atoms with E-state index in [1.165, 1.54) is 120 Å². The van der Waals surface area contributed by atoms with Gasteiger partial charge in [-0.2, -0.15) is 0 Å². The lowest BCUT2D eigenvalue weighted by Gasteiger charge is -2.54. The van der Waals surface area contributed by atoms with Crippen molar-refractivity contribution in [2.24, 2.45) is 0 Å². The first kappa shape index (κ1) is 47.0. The lowest BCUT2D eigenvalue weighted by molar-refractivity contribution is -0.476. The van der Waals surface area contributed by atoms with Gasteiger partial charge in [0.1, 0.15) is 18.3 Å². The molecule has 1 amide bonds. The highest BCUT2D eigenvalue weighted by atomic mass is 16.8. The minimum atomic E-state index is -3.31. The molecule has 0 aromatic carbocycles. The van der Waals surface area contributed by atoms with Gasteiger partial charge in [0.2, 0.25) is 5.91 Å². The molecule has 1 fully saturated rings. The number of aliphatic hydroxyl groups excluding tert-OH is 3. The Morgan fingerprint density at radius 2 is 1.08 bits per heavy atom. The molecule has 6 N–H and O–H groups in total. The molecule has 9 nitrogen and oxygen atoms in total. The largest absolute Gasteiger partial charge is 0.394 e. The summed E-state index contributed by atoms with van der Waals surface area (Å²) in [6.45, 7) is 5.48. The molecule has 0 bridgehead atoms. The van der Waals surface area contributed by atoms with Crippen LogP contribution >= 0.6 is 0 Å². The first-order valence-electron chi connectivity index (χ1n) is 20.9. The van der Waals surface area contributed by atoms with Crippen LogP contribution in [0.4, 0.5) is 0 Å². The van der Waals surface area contributed by atoms with Crippen LogP contribution in [0.1, 0.15) is 194 Å². The number of nitrogens with zero attached hydrogens (tertiary/aromatic N) is 1. The Morgan fingerprint density at radius 1 is 0.660 bits per heavy atom. The highest BCUT2D eigenvalue weighted by Gasteiger charge is 2.67. The third-order valence-electron chi connectivity index (χ3n) is 10.7. The fourth-order valence-corrected chi connectivity index (χ4v) is 7.43. The van der Waals surface area contributed by atoms with E-state index in [0.717, 1.165) is 38.5 Å². The summed E-state index contributed by atoms with van der Waals surface area (Å²) in [7, 11) is 0. The number of rotatable bonds is 32. The first-order valence-corrected chi connectivity index (χ1v) is 20.9. The molecule has 0 saturated carbocycles. The van der Waals surface area contributed by atoms with Crippen LogP contribution in [0, 0.1) is 0 Å². The summed E-state index contributed by atoms with van der Waals surface area (Å²) in [5.74, 6) is -3.58. The maximum atomic E-state index is 13.7. The molecule has 0 radical (unpaired) electrons. The topological polar surface area (TPSA) is 151 Å². The minimum Gasteiger partial charge on any atom is -0.394 e. The normalized spacial score (nSPS) is 22.7. The second-order valence-electron chi connectivity index (χ2n) is 15.0. The Labute approximate surface area is 305 Å². The van der Waals surface area contributed by atoms with Crippen LogP contribution in [-0.4, -0.2) is 90.5 Å². The van der Waals surface area contributed by atoms with Crippen molar-refractivity contribution in [3.63, 3.8) is 0 Å². The van der Waals surface area contributed by atoms with Crippen LogP contribution in [0.2, 0.25) is 0 Å². The van der Waals surface area contributed by atoms with Gasteiger partial charge >= 0.3 is 5.97 Å². The third kappa shape index (κ3) is 17.2. The van der Waals surface area contributed by atoms with Crippen molar-refractivity contribution in [3.8, 4) is 0 Å². The molecule has 1 aliphatic heterocycles. The maximum Gasteiger partial charge on any atom is 0.313 e. The van der Waals surface area contributed by atoms with E-state index in [4.69, 9.17) is 4.74 Å². The van der Waals surface area contributed by atoms with E-state index in [0.29, 0.717) is 6.42 Å². The van der Waals surface area contributed by atoms with Gasteiger partial charge in [-0.25, -0.2) is 0 Å². The van der Waals surface area contributed by atoms with Crippen LogP contribution in [0.3, 0.4) is 0 Å². The second-order valence-corrected chi connectivity index (χ2v) is 15.0. The van der Waals surface area contributed by atoms with Crippen LogP contribution in [0.25, 0.3) is 0 Å². The standard InChI is InChI=1S/C41H79NO8/c1-4-7-9-11-13-15-17-19-21-23-25-27-29-31-33-42(36(6-3)40(47)39(46)38(45)35(34-43)50-41(40,48)49)37(44)32-30-28-26-24-22-20-18-16-14-12-10-8-5-2/h29,31,35-36,38-39,43,45-49H,4-28,30,32-34H2,1-3H3/b31-29+/t35-,36?,38-,39+,40-/m1/s1. The molecule has 0 aromatic rings. The smallest absolute Gasteiger partial charge is 0.313 e. The Kier molecular flexibility index (Phi) is 26.7. The van der Waals surface area contributed by atoms with Crippen molar-refractivity contribution >= 4 is 5.91 Å². The molecule has 1 heterocycles. The molecular weight excluding hydrogens is 634 g/mol. The average molecular weight is 714 g/mol. The summed E-state index contributed by atoms with van der Waals surface area (Å²) in [6.07, 6.45) is 29.0. The summed E-state index contributed by atoms with van der Waals surface area (Å²) in [5.41, 5.74) is -2.82. The van der Waals surface area contributed by atoms with E-state index in [9.17, 15) is 35.4 Å². The lowest BCUT2D eigenvalue weighted by Crippen LogP contribution is -2.79. The summed E-state index contributed by atoms with van der Waals surface area (Å²) >= 11 is 0. The molecule has 0 aromatic heterocycles. The maximum absolute atomic E-state index is 13.7. The number of carbonyl (C=O) groups excluding carboxylic acids is 1. The first-order chi connectivity index (χ1) is 24.1. The average Bonchev–Trinajstić information content (AvgIpc) is 3.10. The summed E-state index contributed by atoms with van der Waals surface area (Å²) in [4.78, 5) is 15.1. The van der Waals surface area contributed by atoms with Crippen molar-refractivity contribution in [2.45, 2.75) is 230 Å². The summed E-state index contributed by atoms with van der Waals surface area (Å²) in [5, 5.41) is 64.5. The summed E-state index contributed by atoms with van der Waals surface area (Å²) < 4.78 is 5.09. The monoisotopic (exact) mass is 714 g/mol.